The van der Waals surface area contributed by atoms with E-state index in [-0.39, 0.29) is 12.7 Å². The summed E-state index contributed by atoms with van der Waals surface area (Å²) in [7, 11) is 0. The zero-order chi connectivity index (χ0) is 10.8. The van der Waals surface area contributed by atoms with Gasteiger partial charge in [0.1, 0.15) is 17.6 Å². The molecule has 0 aromatic heterocycles. The zero-order valence-corrected chi connectivity index (χ0v) is 8.40. The van der Waals surface area contributed by atoms with Crippen molar-refractivity contribution in [1.82, 2.24) is 0 Å². The van der Waals surface area contributed by atoms with Crippen molar-refractivity contribution >= 4 is 5.97 Å². The molecule has 1 aliphatic heterocycles. The number of ether oxygens (including phenoxy) is 2. The fourth-order valence-corrected chi connectivity index (χ4v) is 1.63. The van der Waals surface area contributed by atoms with Crippen molar-refractivity contribution in [1.29, 1.82) is 0 Å². The summed E-state index contributed by atoms with van der Waals surface area (Å²) in [6.07, 6.45) is 1.04. The molecule has 15 heavy (non-hydrogen) atoms. The SMILES string of the molecule is CC1Cc2cc(OCC(=O)O)ccc2O1. The molecule has 0 saturated heterocycles. The van der Waals surface area contributed by atoms with Gasteiger partial charge in [0.05, 0.1) is 0 Å². The fourth-order valence-electron chi connectivity index (χ4n) is 1.63. The minimum Gasteiger partial charge on any atom is -0.490 e. The molecule has 0 radical (unpaired) electrons. The largest absolute Gasteiger partial charge is 0.490 e. The Balaban J connectivity index is 2.09. The van der Waals surface area contributed by atoms with Gasteiger partial charge in [-0.3, -0.25) is 0 Å². The Morgan fingerprint density at radius 1 is 1.67 bits per heavy atom. The van der Waals surface area contributed by atoms with Crippen LogP contribution in [0.4, 0.5) is 0 Å². The average Bonchev–Trinajstić information content (AvgIpc) is 2.53. The number of benzene rings is 1. The number of hydrogen-bond acceptors (Lipinski definition) is 3. The summed E-state index contributed by atoms with van der Waals surface area (Å²) in [4.78, 5) is 10.3. The molecule has 80 valence electrons. The lowest BCUT2D eigenvalue weighted by atomic mass is 10.1. The van der Waals surface area contributed by atoms with Gasteiger partial charge in [-0.15, -0.1) is 0 Å². The summed E-state index contributed by atoms with van der Waals surface area (Å²) in [5, 5.41) is 8.46. The van der Waals surface area contributed by atoms with Gasteiger partial charge in [0.25, 0.3) is 0 Å². The second-order valence-electron chi connectivity index (χ2n) is 3.58. The fraction of sp³-hybridized carbons (Fsp3) is 0.364. The van der Waals surface area contributed by atoms with Crippen molar-refractivity contribution in [3.8, 4) is 11.5 Å². The number of hydrogen-bond donors (Lipinski definition) is 1. The number of fused-ring (bicyclic) bond motifs is 1. The van der Waals surface area contributed by atoms with Crippen LogP contribution >= 0.6 is 0 Å². The van der Waals surface area contributed by atoms with Crippen LogP contribution in [-0.4, -0.2) is 23.8 Å². The molecule has 1 heterocycles. The second-order valence-corrected chi connectivity index (χ2v) is 3.58. The van der Waals surface area contributed by atoms with Gasteiger partial charge >= 0.3 is 5.97 Å². The van der Waals surface area contributed by atoms with Crippen molar-refractivity contribution in [2.75, 3.05) is 6.61 Å². The first-order chi connectivity index (χ1) is 7.15. The van der Waals surface area contributed by atoms with Crippen LogP contribution in [0.5, 0.6) is 11.5 Å². The predicted molar refractivity (Wildman–Crippen MR) is 53.4 cm³/mol. The summed E-state index contributed by atoms with van der Waals surface area (Å²) in [5.74, 6) is 0.471. The molecular formula is C11H12O4. The van der Waals surface area contributed by atoms with E-state index >= 15 is 0 Å². The van der Waals surface area contributed by atoms with Gasteiger partial charge in [-0.1, -0.05) is 0 Å². The molecule has 1 aromatic carbocycles. The molecule has 1 unspecified atom stereocenters. The number of carboxylic acid groups (broad SMARTS) is 1. The third kappa shape index (κ3) is 2.21. The van der Waals surface area contributed by atoms with Crippen LogP contribution < -0.4 is 9.47 Å². The maximum absolute atomic E-state index is 10.3. The van der Waals surface area contributed by atoms with E-state index in [4.69, 9.17) is 14.6 Å². The minimum absolute atomic E-state index is 0.190. The van der Waals surface area contributed by atoms with Gasteiger partial charge in [0.15, 0.2) is 6.61 Å². The Labute approximate surface area is 87.4 Å². The van der Waals surface area contributed by atoms with Crippen molar-refractivity contribution in [3.63, 3.8) is 0 Å². The van der Waals surface area contributed by atoms with Crippen molar-refractivity contribution in [3.05, 3.63) is 23.8 Å². The quantitative estimate of drug-likeness (QED) is 0.817. The van der Waals surface area contributed by atoms with E-state index in [2.05, 4.69) is 0 Å². The Kier molecular flexibility index (Phi) is 2.49. The van der Waals surface area contributed by atoms with E-state index < -0.39 is 5.97 Å². The van der Waals surface area contributed by atoms with Crippen LogP contribution in [0.2, 0.25) is 0 Å². The molecule has 4 heteroatoms. The maximum Gasteiger partial charge on any atom is 0.341 e. The number of carbonyl (C=O) groups is 1. The standard InChI is InChI=1S/C11H12O4/c1-7-4-8-5-9(14-6-11(12)13)2-3-10(8)15-7/h2-3,5,7H,4,6H2,1H3,(H,12,13). The Morgan fingerprint density at radius 2 is 2.47 bits per heavy atom. The highest BCUT2D eigenvalue weighted by atomic mass is 16.5. The first-order valence-corrected chi connectivity index (χ1v) is 4.79. The van der Waals surface area contributed by atoms with Crippen LogP contribution in [0.25, 0.3) is 0 Å². The van der Waals surface area contributed by atoms with Crippen LogP contribution in [0, 0.1) is 0 Å². The topological polar surface area (TPSA) is 55.8 Å². The Morgan fingerprint density at radius 3 is 3.20 bits per heavy atom. The normalized spacial score (nSPS) is 18.1. The lowest BCUT2D eigenvalue weighted by Gasteiger charge is -2.04. The van der Waals surface area contributed by atoms with Gasteiger partial charge in [0, 0.05) is 12.0 Å². The van der Waals surface area contributed by atoms with Crippen molar-refractivity contribution in [2.45, 2.75) is 19.4 Å². The van der Waals surface area contributed by atoms with Gasteiger partial charge in [0.2, 0.25) is 0 Å². The molecule has 0 fully saturated rings. The summed E-state index contributed by atoms with van der Waals surface area (Å²) in [6.45, 7) is 1.69. The molecule has 1 N–H and O–H groups in total. The molecule has 0 aliphatic carbocycles. The lowest BCUT2D eigenvalue weighted by Crippen LogP contribution is -2.09. The van der Waals surface area contributed by atoms with Crippen LogP contribution in [0.15, 0.2) is 18.2 Å². The number of carboxylic acids is 1. The molecule has 2 rings (SSSR count). The van der Waals surface area contributed by atoms with Gasteiger partial charge < -0.3 is 14.6 Å². The number of aliphatic carboxylic acids is 1. The maximum atomic E-state index is 10.3. The molecular weight excluding hydrogens is 196 g/mol. The highest BCUT2D eigenvalue weighted by Gasteiger charge is 2.19. The summed E-state index contributed by atoms with van der Waals surface area (Å²) < 4.78 is 10.6. The molecule has 0 saturated carbocycles. The van der Waals surface area contributed by atoms with E-state index in [0.717, 1.165) is 17.7 Å². The molecule has 4 nitrogen and oxygen atoms in total. The number of rotatable bonds is 3. The van der Waals surface area contributed by atoms with Crippen LogP contribution in [-0.2, 0) is 11.2 Å². The molecule has 1 atom stereocenters. The van der Waals surface area contributed by atoms with E-state index in [1.54, 1.807) is 6.07 Å². The van der Waals surface area contributed by atoms with E-state index in [1.165, 1.54) is 0 Å². The van der Waals surface area contributed by atoms with E-state index in [9.17, 15) is 4.79 Å². The monoisotopic (exact) mass is 208 g/mol. The zero-order valence-electron chi connectivity index (χ0n) is 8.40. The molecule has 0 spiro atoms. The Bertz CT molecular complexity index is 386. The third-order valence-corrected chi connectivity index (χ3v) is 2.23. The first kappa shape index (κ1) is 9.83. The lowest BCUT2D eigenvalue weighted by molar-refractivity contribution is -0.139. The average molecular weight is 208 g/mol. The van der Waals surface area contributed by atoms with Crippen molar-refractivity contribution < 1.29 is 19.4 Å². The smallest absolute Gasteiger partial charge is 0.341 e. The Hall–Kier alpha value is -1.71. The summed E-state index contributed by atoms with van der Waals surface area (Å²) >= 11 is 0. The van der Waals surface area contributed by atoms with E-state index in [0.29, 0.717) is 5.75 Å². The van der Waals surface area contributed by atoms with Gasteiger partial charge in [-0.05, 0) is 25.1 Å². The molecule has 0 amide bonds. The van der Waals surface area contributed by atoms with E-state index in [1.807, 2.05) is 19.1 Å². The van der Waals surface area contributed by atoms with Gasteiger partial charge in [-0.2, -0.15) is 0 Å². The highest BCUT2D eigenvalue weighted by molar-refractivity contribution is 5.68. The first-order valence-electron chi connectivity index (χ1n) is 4.79. The summed E-state index contributed by atoms with van der Waals surface area (Å²) in [5.41, 5.74) is 1.07. The van der Waals surface area contributed by atoms with Crippen LogP contribution in [0.3, 0.4) is 0 Å². The molecule has 1 aliphatic rings. The second kappa shape index (κ2) is 3.81. The minimum atomic E-state index is -0.972. The van der Waals surface area contributed by atoms with Crippen LogP contribution in [0.1, 0.15) is 12.5 Å². The third-order valence-electron chi connectivity index (χ3n) is 2.23. The highest BCUT2D eigenvalue weighted by Crippen LogP contribution is 2.31. The van der Waals surface area contributed by atoms with Gasteiger partial charge in [-0.25, -0.2) is 4.79 Å². The molecule has 1 aromatic rings. The predicted octanol–water partition coefficient (Wildman–Crippen LogP) is 1.47. The molecule has 0 bridgehead atoms. The van der Waals surface area contributed by atoms with Crippen molar-refractivity contribution in [2.24, 2.45) is 0 Å². The summed E-state index contributed by atoms with van der Waals surface area (Å²) in [6, 6.07) is 5.37.